The van der Waals surface area contributed by atoms with Crippen LogP contribution in [0.4, 0.5) is 0 Å². The molecule has 0 saturated carbocycles. The van der Waals surface area contributed by atoms with Gasteiger partial charge in [0.05, 0.1) is 6.61 Å². The summed E-state index contributed by atoms with van der Waals surface area (Å²) in [4.78, 5) is 12.5. The van der Waals surface area contributed by atoms with E-state index >= 15 is 0 Å². The molecule has 0 bridgehead atoms. The lowest BCUT2D eigenvalue weighted by atomic mass is 10.1. The molecule has 0 atom stereocenters. The van der Waals surface area contributed by atoms with Crippen LogP contribution in [-0.2, 0) is 9.53 Å². The highest BCUT2D eigenvalue weighted by Gasteiger charge is 1.98. The zero-order valence-electron chi connectivity index (χ0n) is 17.3. The predicted octanol–water partition coefficient (Wildman–Crippen LogP) is 6.35. The third-order valence-corrected chi connectivity index (χ3v) is 5.01. The fraction of sp³-hybridized carbons (Fsp3) is 0.955. The number of rotatable bonds is 21. The van der Waals surface area contributed by atoms with Crippen LogP contribution in [0, 0.1) is 0 Å². The highest BCUT2D eigenvalue weighted by Crippen LogP contribution is 2.12. The zero-order chi connectivity index (χ0) is 18.4. The van der Waals surface area contributed by atoms with E-state index in [1.165, 1.54) is 109 Å². The van der Waals surface area contributed by atoms with Crippen molar-refractivity contribution in [3.05, 3.63) is 0 Å². The van der Waals surface area contributed by atoms with Gasteiger partial charge in [-0.25, -0.2) is 0 Å². The number of nitrogens with zero attached hydrogens (tertiary/aromatic N) is 1. The van der Waals surface area contributed by atoms with Gasteiger partial charge in [0.2, 0.25) is 0 Å². The Morgan fingerprint density at radius 2 is 1.04 bits per heavy atom. The molecular weight excluding hydrogens is 310 g/mol. The van der Waals surface area contributed by atoms with E-state index in [2.05, 4.69) is 23.6 Å². The molecular formula is C22H45NO2. The SMILES string of the molecule is CCCCCCN(C)CCCCCCCCCCCCCCOC=O. The Labute approximate surface area is 157 Å². The molecule has 25 heavy (non-hydrogen) atoms. The molecule has 0 radical (unpaired) electrons. The smallest absolute Gasteiger partial charge is 0.293 e. The number of unbranched alkanes of at least 4 members (excludes halogenated alkanes) is 14. The molecule has 0 amide bonds. The van der Waals surface area contributed by atoms with Crippen molar-refractivity contribution in [1.82, 2.24) is 4.90 Å². The van der Waals surface area contributed by atoms with E-state index in [1.54, 1.807) is 0 Å². The molecule has 0 spiro atoms. The number of hydrogen-bond donors (Lipinski definition) is 0. The average Bonchev–Trinajstić information content (AvgIpc) is 2.62. The summed E-state index contributed by atoms with van der Waals surface area (Å²) >= 11 is 0. The number of ether oxygens (including phenoxy) is 1. The monoisotopic (exact) mass is 355 g/mol. The number of hydrogen-bond acceptors (Lipinski definition) is 3. The summed E-state index contributed by atoms with van der Waals surface area (Å²) in [6.45, 7) is 5.98. The van der Waals surface area contributed by atoms with E-state index < -0.39 is 0 Å². The van der Waals surface area contributed by atoms with Crippen LogP contribution >= 0.6 is 0 Å². The van der Waals surface area contributed by atoms with E-state index in [-0.39, 0.29) is 0 Å². The molecule has 0 fully saturated rings. The summed E-state index contributed by atoms with van der Waals surface area (Å²) in [5.41, 5.74) is 0. The Hall–Kier alpha value is -0.570. The molecule has 0 heterocycles. The summed E-state index contributed by atoms with van der Waals surface area (Å²) in [5.74, 6) is 0. The summed E-state index contributed by atoms with van der Waals surface area (Å²) in [6.07, 6.45) is 21.5. The molecule has 150 valence electrons. The van der Waals surface area contributed by atoms with Gasteiger partial charge in [-0.1, -0.05) is 90.4 Å². The van der Waals surface area contributed by atoms with Crippen LogP contribution in [0.25, 0.3) is 0 Å². The van der Waals surface area contributed by atoms with Crippen molar-refractivity contribution < 1.29 is 9.53 Å². The molecule has 0 aliphatic rings. The van der Waals surface area contributed by atoms with Crippen LogP contribution in [0.2, 0.25) is 0 Å². The topological polar surface area (TPSA) is 29.5 Å². The summed E-state index contributed by atoms with van der Waals surface area (Å²) in [7, 11) is 2.28. The maximum atomic E-state index is 9.99. The van der Waals surface area contributed by atoms with Gasteiger partial charge in [-0.2, -0.15) is 0 Å². The molecule has 0 aromatic rings. The minimum atomic E-state index is 0.549. The highest BCUT2D eigenvalue weighted by molar-refractivity contribution is 5.36. The summed E-state index contributed by atoms with van der Waals surface area (Å²) < 4.78 is 4.69. The molecule has 0 rings (SSSR count). The number of carbonyl (C=O) groups is 1. The van der Waals surface area contributed by atoms with Crippen LogP contribution < -0.4 is 0 Å². The third-order valence-electron chi connectivity index (χ3n) is 5.01. The van der Waals surface area contributed by atoms with Crippen LogP contribution in [0.1, 0.15) is 110 Å². The van der Waals surface area contributed by atoms with Gasteiger partial charge in [0.25, 0.3) is 6.47 Å². The van der Waals surface area contributed by atoms with Crippen LogP contribution in [0.3, 0.4) is 0 Å². The van der Waals surface area contributed by atoms with Gasteiger partial charge in [-0.3, -0.25) is 4.79 Å². The first kappa shape index (κ1) is 24.4. The molecule has 3 heteroatoms. The maximum absolute atomic E-state index is 9.99. The van der Waals surface area contributed by atoms with Gasteiger partial charge in [0, 0.05) is 0 Å². The van der Waals surface area contributed by atoms with E-state index in [0.717, 1.165) is 6.42 Å². The quantitative estimate of drug-likeness (QED) is 0.177. The van der Waals surface area contributed by atoms with Gasteiger partial charge >= 0.3 is 0 Å². The van der Waals surface area contributed by atoms with Crippen LogP contribution in [-0.4, -0.2) is 38.1 Å². The van der Waals surface area contributed by atoms with Gasteiger partial charge in [0.1, 0.15) is 0 Å². The largest absolute Gasteiger partial charge is 0.468 e. The van der Waals surface area contributed by atoms with Crippen molar-refractivity contribution in [2.75, 3.05) is 26.7 Å². The molecule has 0 N–H and O–H groups in total. The van der Waals surface area contributed by atoms with E-state index in [9.17, 15) is 4.79 Å². The summed E-state index contributed by atoms with van der Waals surface area (Å²) in [6, 6.07) is 0. The van der Waals surface area contributed by atoms with Crippen molar-refractivity contribution in [3.63, 3.8) is 0 Å². The Morgan fingerprint density at radius 3 is 1.48 bits per heavy atom. The number of carbonyl (C=O) groups excluding carboxylic acids is 1. The van der Waals surface area contributed by atoms with Crippen molar-refractivity contribution in [1.29, 1.82) is 0 Å². The van der Waals surface area contributed by atoms with Crippen LogP contribution in [0.15, 0.2) is 0 Å². The average molecular weight is 356 g/mol. The molecule has 0 aliphatic carbocycles. The molecule has 0 aromatic carbocycles. The lowest BCUT2D eigenvalue weighted by Gasteiger charge is -2.16. The Balaban J connectivity index is 3.07. The van der Waals surface area contributed by atoms with Crippen molar-refractivity contribution in [3.8, 4) is 0 Å². The molecule has 0 unspecified atom stereocenters. The van der Waals surface area contributed by atoms with Crippen molar-refractivity contribution >= 4 is 6.47 Å². The van der Waals surface area contributed by atoms with E-state index in [1.807, 2.05) is 0 Å². The third kappa shape index (κ3) is 21.4. The van der Waals surface area contributed by atoms with Gasteiger partial charge in [0.15, 0.2) is 0 Å². The fourth-order valence-corrected chi connectivity index (χ4v) is 3.30. The second-order valence-electron chi connectivity index (χ2n) is 7.57. The second kappa shape index (κ2) is 21.5. The van der Waals surface area contributed by atoms with Gasteiger partial charge in [-0.15, -0.1) is 0 Å². The van der Waals surface area contributed by atoms with Crippen molar-refractivity contribution in [2.45, 2.75) is 110 Å². The first-order valence-corrected chi connectivity index (χ1v) is 11.0. The van der Waals surface area contributed by atoms with E-state index in [0.29, 0.717) is 13.1 Å². The predicted molar refractivity (Wildman–Crippen MR) is 109 cm³/mol. The molecule has 0 aromatic heterocycles. The van der Waals surface area contributed by atoms with Crippen molar-refractivity contribution in [2.24, 2.45) is 0 Å². The molecule has 0 saturated heterocycles. The first-order valence-electron chi connectivity index (χ1n) is 11.0. The zero-order valence-corrected chi connectivity index (χ0v) is 17.3. The summed E-state index contributed by atoms with van der Waals surface area (Å²) in [5, 5.41) is 0. The molecule has 0 aliphatic heterocycles. The van der Waals surface area contributed by atoms with Gasteiger partial charge < -0.3 is 9.64 Å². The Morgan fingerprint density at radius 1 is 0.640 bits per heavy atom. The minimum absolute atomic E-state index is 0.549. The highest BCUT2D eigenvalue weighted by atomic mass is 16.5. The lowest BCUT2D eigenvalue weighted by Crippen LogP contribution is -2.20. The normalized spacial score (nSPS) is 11.2. The lowest BCUT2D eigenvalue weighted by molar-refractivity contribution is -0.128. The molecule has 3 nitrogen and oxygen atoms in total. The Bertz CT molecular complexity index is 258. The standard InChI is InChI=1S/C22H45NO2/c1-3-4-5-16-19-23(2)20-17-14-12-10-8-6-7-9-11-13-15-18-21-25-22-24/h22H,3-21H2,1-2H3. The maximum Gasteiger partial charge on any atom is 0.293 e. The fourth-order valence-electron chi connectivity index (χ4n) is 3.30. The Kier molecular flexibility index (Phi) is 21.0. The minimum Gasteiger partial charge on any atom is -0.468 e. The van der Waals surface area contributed by atoms with E-state index in [4.69, 9.17) is 0 Å². The van der Waals surface area contributed by atoms with Crippen LogP contribution in [0.5, 0.6) is 0 Å². The second-order valence-corrected chi connectivity index (χ2v) is 7.57. The first-order chi connectivity index (χ1) is 12.3. The van der Waals surface area contributed by atoms with Gasteiger partial charge in [-0.05, 0) is 39.4 Å².